The van der Waals surface area contributed by atoms with Crippen molar-refractivity contribution in [1.82, 2.24) is 0 Å². The van der Waals surface area contributed by atoms with E-state index in [1.807, 2.05) is 0 Å². The lowest BCUT2D eigenvalue weighted by Gasteiger charge is -2.15. The van der Waals surface area contributed by atoms with E-state index in [-0.39, 0.29) is 12.3 Å². The molecule has 0 amide bonds. The lowest BCUT2D eigenvalue weighted by Crippen LogP contribution is -2.29. The van der Waals surface area contributed by atoms with Crippen LogP contribution in [-0.2, 0) is 6.42 Å². The molecule has 0 aliphatic rings. The van der Waals surface area contributed by atoms with Crippen LogP contribution in [-0.4, -0.2) is 28.3 Å². The summed E-state index contributed by atoms with van der Waals surface area (Å²) in [6, 6.07) is 5.00. The van der Waals surface area contributed by atoms with Crippen molar-refractivity contribution >= 4 is 34.8 Å². The van der Waals surface area contributed by atoms with E-state index in [4.69, 9.17) is 34.8 Å². The molecule has 1 rings (SSSR count). The van der Waals surface area contributed by atoms with Crippen LogP contribution in [0.2, 0.25) is 10.0 Å². The topological polar surface area (TPSA) is 40.5 Å². The summed E-state index contributed by atoms with van der Waals surface area (Å²) in [5, 5.41) is 19.8. The molecule has 2 nitrogen and oxygen atoms in total. The van der Waals surface area contributed by atoms with Gasteiger partial charge in [0.05, 0.1) is 18.1 Å². The van der Waals surface area contributed by atoms with E-state index >= 15 is 0 Å². The van der Waals surface area contributed by atoms with Gasteiger partial charge < -0.3 is 10.2 Å². The van der Waals surface area contributed by atoms with E-state index in [9.17, 15) is 10.2 Å². The van der Waals surface area contributed by atoms with Gasteiger partial charge >= 0.3 is 0 Å². The van der Waals surface area contributed by atoms with Crippen molar-refractivity contribution in [1.29, 1.82) is 0 Å². The van der Waals surface area contributed by atoms with Crippen LogP contribution in [0.15, 0.2) is 18.2 Å². The molecule has 0 aliphatic heterocycles. The van der Waals surface area contributed by atoms with Crippen molar-refractivity contribution in [2.24, 2.45) is 0 Å². The average Bonchev–Trinajstić information content (AvgIpc) is 2.20. The lowest BCUT2D eigenvalue weighted by atomic mass is 10.0. The van der Waals surface area contributed by atoms with Gasteiger partial charge in [-0.2, -0.15) is 0 Å². The number of aliphatic hydroxyl groups is 2. The Kier molecular flexibility index (Phi) is 5.16. The average molecular weight is 270 g/mol. The standard InChI is InChI=1S/C10H11Cl3O2/c11-5-10(15)9(14)3-6-1-2-7(12)4-8(6)13/h1-2,4,9-10,14-15H,3,5H2/t9-,10?/m0/s1. The van der Waals surface area contributed by atoms with Gasteiger partial charge in [0.25, 0.3) is 0 Å². The summed E-state index contributed by atoms with van der Waals surface area (Å²) in [4.78, 5) is 0. The summed E-state index contributed by atoms with van der Waals surface area (Å²) in [6.45, 7) is 0. The van der Waals surface area contributed by atoms with Crippen LogP contribution in [0.25, 0.3) is 0 Å². The van der Waals surface area contributed by atoms with Crippen molar-refractivity contribution in [3.8, 4) is 0 Å². The summed E-state index contributed by atoms with van der Waals surface area (Å²) in [6.07, 6.45) is -1.61. The zero-order valence-corrected chi connectivity index (χ0v) is 10.1. The minimum absolute atomic E-state index is 0.00756. The Morgan fingerprint density at radius 1 is 1.13 bits per heavy atom. The quantitative estimate of drug-likeness (QED) is 0.825. The number of aliphatic hydroxyl groups excluding tert-OH is 2. The van der Waals surface area contributed by atoms with E-state index in [1.54, 1.807) is 18.2 Å². The first-order valence-electron chi connectivity index (χ1n) is 4.40. The number of hydrogen-bond acceptors (Lipinski definition) is 2. The number of alkyl halides is 1. The number of benzene rings is 1. The van der Waals surface area contributed by atoms with Crippen LogP contribution < -0.4 is 0 Å². The highest BCUT2D eigenvalue weighted by Gasteiger charge is 2.16. The molecule has 5 heteroatoms. The Morgan fingerprint density at radius 3 is 2.33 bits per heavy atom. The Morgan fingerprint density at radius 2 is 1.80 bits per heavy atom. The van der Waals surface area contributed by atoms with Crippen LogP contribution in [0.3, 0.4) is 0 Å². The zero-order valence-electron chi connectivity index (χ0n) is 7.83. The van der Waals surface area contributed by atoms with Gasteiger partial charge in [-0.3, -0.25) is 0 Å². The molecule has 0 saturated carbocycles. The highest BCUT2D eigenvalue weighted by atomic mass is 35.5. The first-order chi connectivity index (χ1) is 7.04. The second-order valence-corrected chi connectivity index (χ2v) is 4.38. The molecule has 84 valence electrons. The molecular weight excluding hydrogens is 258 g/mol. The molecule has 0 heterocycles. The minimum Gasteiger partial charge on any atom is -0.390 e. The lowest BCUT2D eigenvalue weighted by molar-refractivity contribution is 0.0341. The van der Waals surface area contributed by atoms with Crippen molar-refractivity contribution in [2.75, 3.05) is 5.88 Å². The van der Waals surface area contributed by atoms with E-state index in [0.717, 1.165) is 5.56 Å². The fourth-order valence-electron chi connectivity index (χ4n) is 1.15. The third-order valence-corrected chi connectivity index (χ3v) is 2.95. The van der Waals surface area contributed by atoms with Crippen LogP contribution in [0, 0.1) is 0 Å². The second kappa shape index (κ2) is 5.92. The van der Waals surface area contributed by atoms with Gasteiger partial charge in [-0.15, -0.1) is 11.6 Å². The van der Waals surface area contributed by atoms with Gasteiger partial charge in [0, 0.05) is 16.5 Å². The molecule has 0 saturated heterocycles. The van der Waals surface area contributed by atoms with Gasteiger partial charge in [-0.1, -0.05) is 29.3 Å². The van der Waals surface area contributed by atoms with E-state index in [1.165, 1.54) is 0 Å². The van der Waals surface area contributed by atoms with Crippen LogP contribution in [0.1, 0.15) is 5.56 Å². The highest BCUT2D eigenvalue weighted by molar-refractivity contribution is 6.35. The summed E-state index contributed by atoms with van der Waals surface area (Å²) in [7, 11) is 0. The Hall–Kier alpha value is 0.01000. The van der Waals surface area contributed by atoms with Crippen LogP contribution in [0.5, 0.6) is 0 Å². The number of rotatable bonds is 4. The predicted octanol–water partition coefficient (Wildman–Crippen LogP) is 2.50. The maximum absolute atomic E-state index is 9.54. The Bertz CT molecular complexity index is 330. The molecule has 2 atom stereocenters. The van der Waals surface area contributed by atoms with E-state index in [2.05, 4.69) is 0 Å². The van der Waals surface area contributed by atoms with Gasteiger partial charge in [0.1, 0.15) is 0 Å². The predicted molar refractivity (Wildman–Crippen MR) is 62.9 cm³/mol. The third kappa shape index (κ3) is 3.82. The van der Waals surface area contributed by atoms with Gasteiger partial charge in [0.15, 0.2) is 0 Å². The zero-order chi connectivity index (χ0) is 11.4. The van der Waals surface area contributed by atoms with E-state index in [0.29, 0.717) is 10.0 Å². The molecule has 2 N–H and O–H groups in total. The fraction of sp³-hybridized carbons (Fsp3) is 0.400. The molecule has 1 unspecified atom stereocenters. The van der Waals surface area contributed by atoms with Crippen LogP contribution in [0.4, 0.5) is 0 Å². The molecule has 0 aliphatic carbocycles. The monoisotopic (exact) mass is 268 g/mol. The van der Waals surface area contributed by atoms with Crippen molar-refractivity contribution < 1.29 is 10.2 Å². The molecule has 0 radical (unpaired) electrons. The molecule has 1 aromatic carbocycles. The third-order valence-electron chi connectivity index (χ3n) is 2.05. The molecule has 0 fully saturated rings. The van der Waals surface area contributed by atoms with Crippen LogP contribution >= 0.6 is 34.8 Å². The number of hydrogen-bond donors (Lipinski definition) is 2. The molecule has 0 aromatic heterocycles. The maximum Gasteiger partial charge on any atom is 0.0937 e. The largest absolute Gasteiger partial charge is 0.390 e. The second-order valence-electron chi connectivity index (χ2n) is 3.23. The van der Waals surface area contributed by atoms with Gasteiger partial charge in [-0.25, -0.2) is 0 Å². The normalized spacial score (nSPS) is 15.0. The smallest absolute Gasteiger partial charge is 0.0937 e. The van der Waals surface area contributed by atoms with Gasteiger partial charge in [-0.05, 0) is 17.7 Å². The minimum atomic E-state index is -0.946. The summed E-state index contributed by atoms with van der Waals surface area (Å²) in [5.74, 6) is -0.00756. The van der Waals surface area contributed by atoms with Crippen molar-refractivity contribution in [3.05, 3.63) is 33.8 Å². The molecular formula is C10H11Cl3O2. The summed E-state index contributed by atoms with van der Waals surface area (Å²) in [5.41, 5.74) is 0.734. The van der Waals surface area contributed by atoms with Crippen molar-refractivity contribution in [3.63, 3.8) is 0 Å². The Labute approximate surface area is 103 Å². The number of halogens is 3. The maximum atomic E-state index is 9.54. The fourth-order valence-corrected chi connectivity index (χ4v) is 1.84. The molecule has 15 heavy (non-hydrogen) atoms. The molecule has 1 aromatic rings. The Balaban J connectivity index is 2.72. The summed E-state index contributed by atoms with van der Waals surface area (Å²) < 4.78 is 0. The highest BCUT2D eigenvalue weighted by Crippen LogP contribution is 2.22. The molecule has 0 spiro atoms. The first kappa shape index (κ1) is 13.1. The first-order valence-corrected chi connectivity index (χ1v) is 5.69. The van der Waals surface area contributed by atoms with E-state index < -0.39 is 12.2 Å². The van der Waals surface area contributed by atoms with Gasteiger partial charge in [0.2, 0.25) is 0 Å². The SMILES string of the molecule is OC(CCl)[C@@H](O)Cc1ccc(Cl)cc1Cl. The summed E-state index contributed by atoms with van der Waals surface area (Å²) >= 11 is 17.1. The van der Waals surface area contributed by atoms with Crippen molar-refractivity contribution in [2.45, 2.75) is 18.6 Å². The molecule has 0 bridgehead atoms.